The molecule has 10 heteroatoms. The van der Waals surface area contributed by atoms with E-state index in [4.69, 9.17) is 9.88 Å². The summed E-state index contributed by atoms with van der Waals surface area (Å²) < 4.78 is 41.7. The van der Waals surface area contributed by atoms with Gasteiger partial charge in [0.25, 0.3) is 11.8 Å². The summed E-state index contributed by atoms with van der Waals surface area (Å²) in [5.74, 6) is -1.57. The monoisotopic (exact) mass is 431 g/mol. The van der Waals surface area contributed by atoms with Crippen LogP contribution in [0.5, 0.6) is 0 Å². The summed E-state index contributed by atoms with van der Waals surface area (Å²) >= 11 is 0. The van der Waals surface area contributed by atoms with E-state index >= 15 is 0 Å². The quantitative estimate of drug-likeness (QED) is 0.726. The zero-order valence-corrected chi connectivity index (χ0v) is 16.6. The fraction of sp³-hybridized carbons (Fsp3) is 0.200. The van der Waals surface area contributed by atoms with Crippen molar-refractivity contribution >= 4 is 33.1 Å². The number of hydrogen-bond donors (Lipinski definition) is 1. The Morgan fingerprint density at radius 1 is 0.900 bits per heavy atom. The van der Waals surface area contributed by atoms with Crippen LogP contribution < -0.4 is 10.0 Å². The zero-order valence-electron chi connectivity index (χ0n) is 15.7. The maximum absolute atomic E-state index is 13.4. The van der Waals surface area contributed by atoms with Gasteiger partial charge in [0.15, 0.2) is 0 Å². The fourth-order valence-electron chi connectivity index (χ4n) is 3.49. The molecule has 2 aliphatic rings. The summed E-state index contributed by atoms with van der Waals surface area (Å²) in [4.78, 5) is 29.2. The number of carbonyl (C=O) groups is 2. The van der Waals surface area contributed by atoms with E-state index in [9.17, 15) is 22.4 Å². The van der Waals surface area contributed by atoms with Gasteiger partial charge in [0.05, 0.1) is 29.4 Å². The highest BCUT2D eigenvalue weighted by molar-refractivity contribution is 7.89. The molecule has 4 rings (SSSR count). The summed E-state index contributed by atoms with van der Waals surface area (Å²) in [7, 11) is -3.91. The first-order chi connectivity index (χ1) is 14.3. The average Bonchev–Trinajstić information content (AvgIpc) is 2.99. The number of amides is 2. The van der Waals surface area contributed by atoms with E-state index in [1.807, 2.05) is 0 Å². The van der Waals surface area contributed by atoms with Gasteiger partial charge in [-0.25, -0.2) is 22.8 Å². The predicted molar refractivity (Wildman–Crippen MR) is 106 cm³/mol. The first-order valence-corrected chi connectivity index (χ1v) is 10.7. The summed E-state index contributed by atoms with van der Waals surface area (Å²) in [5, 5.41) is 5.11. The zero-order chi connectivity index (χ0) is 21.5. The van der Waals surface area contributed by atoms with Gasteiger partial charge in [-0.15, -0.1) is 0 Å². The lowest BCUT2D eigenvalue weighted by Crippen LogP contribution is -2.40. The van der Waals surface area contributed by atoms with Gasteiger partial charge in [0, 0.05) is 13.1 Å². The van der Waals surface area contributed by atoms with Crippen LogP contribution in [-0.4, -0.2) is 51.4 Å². The maximum Gasteiger partial charge on any atom is 0.282 e. The number of ether oxygens (including phenoxy) is 1. The summed E-state index contributed by atoms with van der Waals surface area (Å²) in [6.45, 7) is 1.67. The van der Waals surface area contributed by atoms with Crippen LogP contribution in [-0.2, 0) is 24.3 Å². The molecule has 0 spiro atoms. The van der Waals surface area contributed by atoms with Gasteiger partial charge in [-0.05, 0) is 42.0 Å². The molecule has 0 unspecified atom stereocenters. The molecule has 1 fully saturated rings. The van der Waals surface area contributed by atoms with Crippen molar-refractivity contribution in [1.29, 1.82) is 0 Å². The molecule has 0 radical (unpaired) electrons. The minimum atomic E-state index is -3.91. The van der Waals surface area contributed by atoms with Gasteiger partial charge >= 0.3 is 0 Å². The molecule has 0 aliphatic carbocycles. The Kier molecular flexibility index (Phi) is 5.14. The third kappa shape index (κ3) is 3.60. The first-order valence-electron chi connectivity index (χ1n) is 9.12. The van der Waals surface area contributed by atoms with Crippen LogP contribution in [0.1, 0.15) is 5.56 Å². The Labute approximate surface area is 172 Å². The van der Waals surface area contributed by atoms with Crippen LogP contribution in [0.2, 0.25) is 0 Å². The van der Waals surface area contributed by atoms with E-state index < -0.39 is 27.7 Å². The molecule has 0 bridgehead atoms. The molecule has 0 atom stereocenters. The minimum absolute atomic E-state index is 0.134. The Balaban J connectivity index is 1.78. The number of benzene rings is 2. The topological polar surface area (TPSA) is 110 Å². The van der Waals surface area contributed by atoms with Crippen molar-refractivity contribution < 1.29 is 27.1 Å². The standard InChI is InChI=1S/C20H18FN3O5S/c21-14-3-1-13(2-4-14)17-18(23-9-11-29-12-10-23)20(26)24(19(17)25)15-5-7-16(8-6-15)30(22,27)28/h1-8H,9-12H2,(H2,22,27,28). The predicted octanol–water partition coefficient (Wildman–Crippen LogP) is 1.09. The van der Waals surface area contributed by atoms with E-state index in [0.29, 0.717) is 31.9 Å². The minimum Gasteiger partial charge on any atom is -0.378 e. The van der Waals surface area contributed by atoms with E-state index in [-0.39, 0.29) is 21.9 Å². The second-order valence-electron chi connectivity index (χ2n) is 6.81. The molecule has 2 aliphatic heterocycles. The molecule has 156 valence electrons. The number of carbonyl (C=O) groups excluding carboxylic acids is 2. The fourth-order valence-corrected chi connectivity index (χ4v) is 4.01. The van der Waals surface area contributed by atoms with Crippen LogP contribution in [0.15, 0.2) is 59.1 Å². The van der Waals surface area contributed by atoms with E-state index in [1.165, 1.54) is 48.5 Å². The van der Waals surface area contributed by atoms with Gasteiger partial charge in [-0.3, -0.25) is 9.59 Å². The lowest BCUT2D eigenvalue weighted by atomic mass is 10.0. The second-order valence-corrected chi connectivity index (χ2v) is 8.38. The van der Waals surface area contributed by atoms with Crippen molar-refractivity contribution in [2.45, 2.75) is 4.90 Å². The van der Waals surface area contributed by atoms with Gasteiger partial charge in [-0.1, -0.05) is 12.1 Å². The number of sulfonamides is 1. The number of rotatable bonds is 4. The molecule has 0 saturated carbocycles. The van der Waals surface area contributed by atoms with Crippen LogP contribution >= 0.6 is 0 Å². The lowest BCUT2D eigenvalue weighted by Gasteiger charge is -2.29. The highest BCUT2D eigenvalue weighted by Crippen LogP contribution is 2.35. The number of morpholine rings is 1. The molecule has 1 saturated heterocycles. The van der Waals surface area contributed by atoms with Crippen LogP contribution in [0.3, 0.4) is 0 Å². The molecule has 30 heavy (non-hydrogen) atoms. The number of nitrogens with zero attached hydrogens (tertiary/aromatic N) is 2. The Morgan fingerprint density at radius 3 is 2.07 bits per heavy atom. The molecule has 2 amide bonds. The maximum atomic E-state index is 13.4. The van der Waals surface area contributed by atoms with Crippen LogP contribution in [0, 0.1) is 5.82 Å². The molecular weight excluding hydrogens is 413 g/mol. The average molecular weight is 431 g/mol. The number of primary sulfonamides is 1. The molecule has 2 heterocycles. The molecule has 2 aromatic rings. The smallest absolute Gasteiger partial charge is 0.282 e. The van der Waals surface area contributed by atoms with Crippen molar-refractivity contribution in [3.05, 3.63) is 65.6 Å². The van der Waals surface area contributed by atoms with Gasteiger partial charge in [-0.2, -0.15) is 0 Å². The highest BCUT2D eigenvalue weighted by Gasteiger charge is 2.42. The van der Waals surface area contributed by atoms with E-state index in [2.05, 4.69) is 0 Å². The SMILES string of the molecule is NS(=O)(=O)c1ccc(N2C(=O)C(c3ccc(F)cc3)=C(N3CCOCC3)C2=O)cc1. The molecule has 0 aromatic heterocycles. The Morgan fingerprint density at radius 2 is 1.50 bits per heavy atom. The van der Waals surface area contributed by atoms with Crippen molar-refractivity contribution in [1.82, 2.24) is 4.90 Å². The third-order valence-corrected chi connectivity index (χ3v) is 5.87. The highest BCUT2D eigenvalue weighted by atomic mass is 32.2. The van der Waals surface area contributed by atoms with Gasteiger partial charge in [0.1, 0.15) is 11.5 Å². The number of anilines is 1. The summed E-state index contributed by atoms with van der Waals surface area (Å²) in [6.07, 6.45) is 0. The molecular formula is C20H18FN3O5S. The molecule has 2 N–H and O–H groups in total. The number of hydrogen-bond acceptors (Lipinski definition) is 6. The largest absolute Gasteiger partial charge is 0.378 e. The first kappa shape index (κ1) is 20.2. The van der Waals surface area contributed by atoms with E-state index in [1.54, 1.807) is 4.90 Å². The number of halogens is 1. The molecule has 2 aromatic carbocycles. The van der Waals surface area contributed by atoms with Crippen molar-refractivity contribution in [2.75, 3.05) is 31.2 Å². The lowest BCUT2D eigenvalue weighted by molar-refractivity contribution is -0.121. The van der Waals surface area contributed by atoms with Crippen molar-refractivity contribution in [3.63, 3.8) is 0 Å². The summed E-state index contributed by atoms with van der Waals surface area (Å²) in [6, 6.07) is 10.5. The molecule has 8 nitrogen and oxygen atoms in total. The van der Waals surface area contributed by atoms with Crippen molar-refractivity contribution in [3.8, 4) is 0 Å². The van der Waals surface area contributed by atoms with E-state index in [0.717, 1.165) is 4.90 Å². The number of imide groups is 1. The number of nitrogens with two attached hydrogens (primary N) is 1. The normalized spacial score (nSPS) is 17.8. The second kappa shape index (κ2) is 7.63. The Hall–Kier alpha value is -3.08. The van der Waals surface area contributed by atoms with Crippen LogP contribution in [0.4, 0.5) is 10.1 Å². The van der Waals surface area contributed by atoms with Crippen LogP contribution in [0.25, 0.3) is 5.57 Å². The third-order valence-electron chi connectivity index (χ3n) is 4.94. The summed E-state index contributed by atoms with van der Waals surface area (Å²) in [5.41, 5.74) is 1.00. The van der Waals surface area contributed by atoms with Gasteiger partial charge < -0.3 is 9.64 Å². The Bertz CT molecular complexity index is 1140. The van der Waals surface area contributed by atoms with Crippen molar-refractivity contribution in [2.24, 2.45) is 5.14 Å². The van der Waals surface area contributed by atoms with Gasteiger partial charge in [0.2, 0.25) is 10.0 Å².